The van der Waals surface area contributed by atoms with Gasteiger partial charge in [0.1, 0.15) is 6.26 Å². The lowest BCUT2D eigenvalue weighted by Gasteiger charge is -2.06. The van der Waals surface area contributed by atoms with Gasteiger partial charge in [-0.2, -0.15) is 0 Å². The van der Waals surface area contributed by atoms with Gasteiger partial charge >= 0.3 is 0 Å². The van der Waals surface area contributed by atoms with Gasteiger partial charge in [-0.05, 0) is 6.42 Å². The molecule has 0 bridgehead atoms. The van der Waals surface area contributed by atoms with Crippen molar-refractivity contribution in [2.75, 3.05) is 0 Å². The summed E-state index contributed by atoms with van der Waals surface area (Å²) in [4.78, 5) is 9.27. The van der Waals surface area contributed by atoms with Gasteiger partial charge in [0.15, 0.2) is 5.76 Å². The standard InChI is InChI=1S/C16H31NO3/c1-3-5-6-7-8-9-10-11-12-13-14-16(15-17)19-20-18-4-2/h4,15H,2-3,5-14,17H2,1H3/b16-15+. The fourth-order valence-electron chi connectivity index (χ4n) is 2.03. The van der Waals surface area contributed by atoms with E-state index in [0.29, 0.717) is 5.76 Å². The summed E-state index contributed by atoms with van der Waals surface area (Å²) in [6, 6.07) is 0. The lowest BCUT2D eigenvalue weighted by atomic mass is 10.1. The van der Waals surface area contributed by atoms with E-state index in [1.165, 1.54) is 64.0 Å². The van der Waals surface area contributed by atoms with Crippen LogP contribution in [0.2, 0.25) is 0 Å². The molecular weight excluding hydrogens is 254 g/mol. The first-order valence-electron chi connectivity index (χ1n) is 7.86. The topological polar surface area (TPSA) is 53.7 Å². The molecule has 0 amide bonds. The van der Waals surface area contributed by atoms with Crippen molar-refractivity contribution in [3.63, 3.8) is 0 Å². The minimum atomic E-state index is 0.589. The normalized spacial score (nSPS) is 11.3. The highest BCUT2D eigenvalue weighted by atomic mass is 17.5. The Bertz CT molecular complexity index is 242. The minimum absolute atomic E-state index is 0.589. The van der Waals surface area contributed by atoms with E-state index >= 15 is 0 Å². The van der Waals surface area contributed by atoms with Gasteiger partial charge in [0.2, 0.25) is 0 Å². The molecule has 4 nitrogen and oxygen atoms in total. The Morgan fingerprint density at radius 3 is 2.00 bits per heavy atom. The maximum absolute atomic E-state index is 5.43. The summed E-state index contributed by atoms with van der Waals surface area (Å²) in [5.41, 5.74) is 5.43. The van der Waals surface area contributed by atoms with Crippen LogP contribution in [0.5, 0.6) is 0 Å². The zero-order chi connectivity index (χ0) is 14.9. The molecule has 0 aromatic heterocycles. The van der Waals surface area contributed by atoms with Crippen LogP contribution in [0.15, 0.2) is 24.8 Å². The summed E-state index contributed by atoms with van der Waals surface area (Å²) in [7, 11) is 0. The molecule has 0 unspecified atom stereocenters. The Kier molecular flexibility index (Phi) is 15.0. The van der Waals surface area contributed by atoms with Gasteiger partial charge in [0, 0.05) is 17.7 Å². The fraction of sp³-hybridized carbons (Fsp3) is 0.750. The second kappa shape index (κ2) is 15.9. The molecule has 2 N–H and O–H groups in total. The van der Waals surface area contributed by atoms with Gasteiger partial charge in [-0.3, -0.25) is 0 Å². The molecule has 0 fully saturated rings. The summed E-state index contributed by atoms with van der Waals surface area (Å²) < 4.78 is 0. The minimum Gasteiger partial charge on any atom is -0.402 e. The summed E-state index contributed by atoms with van der Waals surface area (Å²) in [5, 5.41) is 4.41. The number of unbranched alkanes of at least 4 members (excludes halogenated alkanes) is 9. The molecule has 0 atom stereocenters. The van der Waals surface area contributed by atoms with Gasteiger partial charge in [0.25, 0.3) is 0 Å². The molecule has 118 valence electrons. The van der Waals surface area contributed by atoms with Crippen molar-refractivity contribution in [2.45, 2.75) is 77.6 Å². The maximum atomic E-state index is 5.43. The van der Waals surface area contributed by atoms with Gasteiger partial charge in [-0.25, -0.2) is 0 Å². The van der Waals surface area contributed by atoms with Crippen molar-refractivity contribution < 1.29 is 14.8 Å². The summed E-state index contributed by atoms with van der Waals surface area (Å²) in [6.07, 6.45) is 16.4. The van der Waals surface area contributed by atoms with E-state index in [2.05, 4.69) is 23.4 Å². The third kappa shape index (κ3) is 13.3. The van der Waals surface area contributed by atoms with Gasteiger partial charge in [0.05, 0.1) is 0 Å². The molecule has 0 radical (unpaired) electrons. The highest BCUT2D eigenvalue weighted by Crippen LogP contribution is 2.14. The SMILES string of the molecule is C=COOO/C(=C/N)CCCCCCCCCCCC. The molecule has 4 heteroatoms. The van der Waals surface area contributed by atoms with Crippen LogP contribution in [0.3, 0.4) is 0 Å². The second-order valence-corrected chi connectivity index (χ2v) is 4.98. The number of hydrogen-bond donors (Lipinski definition) is 1. The zero-order valence-electron chi connectivity index (χ0n) is 12.9. The van der Waals surface area contributed by atoms with E-state index in [0.717, 1.165) is 19.1 Å². The van der Waals surface area contributed by atoms with Crippen molar-refractivity contribution in [1.82, 2.24) is 0 Å². The molecule has 0 aromatic carbocycles. The second-order valence-electron chi connectivity index (χ2n) is 4.98. The van der Waals surface area contributed by atoms with E-state index in [-0.39, 0.29) is 0 Å². The van der Waals surface area contributed by atoms with Gasteiger partial charge in [-0.15, -0.1) is 0 Å². The van der Waals surface area contributed by atoms with Crippen LogP contribution in [0, 0.1) is 0 Å². The molecule has 0 saturated heterocycles. The summed E-state index contributed by atoms with van der Waals surface area (Å²) >= 11 is 0. The van der Waals surface area contributed by atoms with E-state index in [9.17, 15) is 0 Å². The van der Waals surface area contributed by atoms with Crippen LogP contribution < -0.4 is 5.73 Å². The Balaban J connectivity index is 3.27. The first-order valence-corrected chi connectivity index (χ1v) is 7.86. The Labute approximate surface area is 123 Å². The molecule has 0 aromatic rings. The molecule has 0 aliphatic rings. The van der Waals surface area contributed by atoms with Crippen LogP contribution >= 0.6 is 0 Å². The van der Waals surface area contributed by atoms with Crippen LogP contribution in [0.1, 0.15) is 77.6 Å². The molecular formula is C16H31NO3. The average Bonchev–Trinajstić information content (AvgIpc) is 2.47. The lowest BCUT2D eigenvalue weighted by Crippen LogP contribution is -1.97. The Morgan fingerprint density at radius 1 is 0.950 bits per heavy atom. The third-order valence-electron chi connectivity index (χ3n) is 3.21. The van der Waals surface area contributed by atoms with Crippen molar-refractivity contribution >= 4 is 0 Å². The number of nitrogens with two attached hydrogens (primary N) is 1. The Hall–Kier alpha value is -1.16. The third-order valence-corrected chi connectivity index (χ3v) is 3.21. The van der Waals surface area contributed by atoms with Crippen LogP contribution in [-0.2, 0) is 14.8 Å². The molecule has 0 spiro atoms. The monoisotopic (exact) mass is 285 g/mol. The zero-order valence-corrected chi connectivity index (χ0v) is 12.9. The maximum Gasteiger partial charge on any atom is 0.162 e. The fourth-order valence-corrected chi connectivity index (χ4v) is 2.03. The smallest absolute Gasteiger partial charge is 0.162 e. The van der Waals surface area contributed by atoms with E-state index in [1.807, 2.05) is 0 Å². The van der Waals surface area contributed by atoms with E-state index < -0.39 is 0 Å². The van der Waals surface area contributed by atoms with E-state index in [4.69, 9.17) is 10.6 Å². The predicted molar refractivity (Wildman–Crippen MR) is 82.2 cm³/mol. The quantitative estimate of drug-likeness (QED) is 0.196. The molecule has 0 rings (SSSR count). The highest BCUT2D eigenvalue weighted by Gasteiger charge is 2.00. The Morgan fingerprint density at radius 2 is 1.50 bits per heavy atom. The predicted octanol–water partition coefficient (Wildman–Crippen LogP) is 5.12. The van der Waals surface area contributed by atoms with E-state index in [1.54, 1.807) is 0 Å². The first-order chi connectivity index (χ1) is 9.85. The van der Waals surface area contributed by atoms with Crippen LogP contribution in [0.4, 0.5) is 0 Å². The van der Waals surface area contributed by atoms with Crippen molar-refractivity contribution in [2.24, 2.45) is 5.73 Å². The van der Waals surface area contributed by atoms with Crippen molar-refractivity contribution in [3.8, 4) is 0 Å². The van der Waals surface area contributed by atoms with Gasteiger partial charge < -0.3 is 15.5 Å². The summed E-state index contributed by atoms with van der Waals surface area (Å²) in [6.45, 7) is 5.59. The average molecular weight is 285 g/mol. The summed E-state index contributed by atoms with van der Waals surface area (Å²) in [5.74, 6) is 0.589. The molecule has 0 heterocycles. The first kappa shape index (κ1) is 18.8. The molecule has 0 aliphatic carbocycles. The molecule has 0 saturated carbocycles. The number of rotatable bonds is 15. The number of allylic oxidation sites excluding steroid dienone is 1. The van der Waals surface area contributed by atoms with Crippen LogP contribution in [-0.4, -0.2) is 0 Å². The van der Waals surface area contributed by atoms with Crippen molar-refractivity contribution in [3.05, 3.63) is 24.8 Å². The largest absolute Gasteiger partial charge is 0.402 e. The van der Waals surface area contributed by atoms with Gasteiger partial charge in [-0.1, -0.05) is 71.3 Å². The molecule has 20 heavy (non-hydrogen) atoms. The lowest BCUT2D eigenvalue weighted by molar-refractivity contribution is -0.472. The van der Waals surface area contributed by atoms with Crippen molar-refractivity contribution in [1.29, 1.82) is 0 Å². The van der Waals surface area contributed by atoms with Crippen LogP contribution in [0.25, 0.3) is 0 Å². The highest BCUT2D eigenvalue weighted by molar-refractivity contribution is 4.87. The number of hydrogen-bond acceptors (Lipinski definition) is 4. The molecule has 0 aliphatic heterocycles.